The second-order valence-corrected chi connectivity index (χ2v) is 6.42. The minimum Gasteiger partial charge on any atom is -0.454 e. The second kappa shape index (κ2) is 6.81. The van der Waals surface area contributed by atoms with Gasteiger partial charge in [0.2, 0.25) is 6.79 Å². The van der Waals surface area contributed by atoms with Gasteiger partial charge in [-0.15, -0.1) is 0 Å². The summed E-state index contributed by atoms with van der Waals surface area (Å²) in [5.41, 5.74) is 1.18. The monoisotopic (exact) mass is 364 g/mol. The topological polar surface area (TPSA) is 33.7 Å². The van der Waals surface area contributed by atoms with Gasteiger partial charge in [0.1, 0.15) is 0 Å². The third-order valence-electron chi connectivity index (χ3n) is 4.78. The number of alkyl halides is 3. The van der Waals surface area contributed by atoms with Crippen molar-refractivity contribution < 1.29 is 22.6 Å². The lowest BCUT2D eigenvalue weighted by molar-refractivity contribution is -0.137. The van der Waals surface area contributed by atoms with E-state index in [2.05, 4.69) is 10.2 Å². The van der Waals surface area contributed by atoms with E-state index in [0.29, 0.717) is 11.5 Å². The first-order valence-electron chi connectivity index (χ1n) is 8.54. The number of benzene rings is 2. The lowest BCUT2D eigenvalue weighted by atomic mass is 9.95. The summed E-state index contributed by atoms with van der Waals surface area (Å²) in [5, 5.41) is 3.31. The summed E-state index contributed by atoms with van der Waals surface area (Å²) < 4.78 is 49.5. The van der Waals surface area contributed by atoms with Crippen LogP contribution in [0.25, 0.3) is 0 Å². The van der Waals surface area contributed by atoms with Crippen LogP contribution in [0, 0.1) is 0 Å². The smallest absolute Gasteiger partial charge is 0.416 e. The number of rotatable bonds is 3. The fourth-order valence-corrected chi connectivity index (χ4v) is 3.49. The Hall–Kier alpha value is -2.25. The molecule has 0 aromatic heterocycles. The normalized spacial score (nSPS) is 18.7. The zero-order chi connectivity index (χ0) is 18.1. The molecule has 4 nitrogen and oxygen atoms in total. The number of piperazine rings is 1. The molecule has 0 radical (unpaired) electrons. The summed E-state index contributed by atoms with van der Waals surface area (Å²) in [7, 11) is 0. The van der Waals surface area contributed by atoms with Gasteiger partial charge in [-0.2, -0.15) is 13.2 Å². The quantitative estimate of drug-likeness (QED) is 0.905. The van der Waals surface area contributed by atoms with Crippen LogP contribution in [0.5, 0.6) is 11.5 Å². The maximum atomic E-state index is 12.9. The van der Waals surface area contributed by atoms with Gasteiger partial charge in [0, 0.05) is 26.2 Å². The van der Waals surface area contributed by atoms with Crippen LogP contribution in [0.2, 0.25) is 0 Å². The fraction of sp³-hybridized carbons (Fsp3) is 0.368. The van der Waals surface area contributed by atoms with Gasteiger partial charge in [-0.3, -0.25) is 4.90 Å². The van der Waals surface area contributed by atoms with E-state index in [1.54, 1.807) is 12.1 Å². The Kier molecular flexibility index (Phi) is 4.50. The van der Waals surface area contributed by atoms with Gasteiger partial charge in [0.15, 0.2) is 11.5 Å². The van der Waals surface area contributed by atoms with E-state index >= 15 is 0 Å². The predicted octanol–water partition coefficient (Wildman–Crippen LogP) is 3.43. The molecule has 0 aliphatic carbocycles. The van der Waals surface area contributed by atoms with Crippen LogP contribution in [0.15, 0.2) is 42.5 Å². The minimum absolute atomic E-state index is 0.131. The molecule has 1 unspecified atom stereocenters. The van der Waals surface area contributed by atoms with Crippen LogP contribution in [-0.2, 0) is 6.18 Å². The first-order chi connectivity index (χ1) is 12.5. The van der Waals surface area contributed by atoms with Gasteiger partial charge in [0.05, 0.1) is 11.6 Å². The van der Waals surface area contributed by atoms with Gasteiger partial charge in [-0.1, -0.05) is 18.2 Å². The van der Waals surface area contributed by atoms with Gasteiger partial charge in [-0.05, 0) is 35.4 Å². The molecule has 0 bridgehead atoms. The summed E-state index contributed by atoms with van der Waals surface area (Å²) in [6.45, 7) is 3.53. The molecule has 2 heterocycles. The molecule has 138 valence electrons. The molecule has 2 aromatic rings. The number of halogens is 3. The molecule has 1 atom stereocenters. The summed E-state index contributed by atoms with van der Waals surface area (Å²) in [6, 6.07) is 11.0. The number of fused-ring (bicyclic) bond motifs is 1. The molecule has 1 fully saturated rings. The van der Waals surface area contributed by atoms with Crippen molar-refractivity contribution in [1.82, 2.24) is 10.2 Å². The molecule has 0 saturated carbocycles. The van der Waals surface area contributed by atoms with Crippen LogP contribution < -0.4 is 14.8 Å². The predicted molar refractivity (Wildman–Crippen MR) is 90.3 cm³/mol. The van der Waals surface area contributed by atoms with Crippen molar-refractivity contribution in [2.24, 2.45) is 0 Å². The number of nitrogens with one attached hydrogen (secondary N) is 1. The minimum atomic E-state index is -4.33. The first kappa shape index (κ1) is 17.2. The lowest BCUT2D eigenvalue weighted by Gasteiger charge is -2.35. The van der Waals surface area contributed by atoms with Crippen molar-refractivity contribution in [3.63, 3.8) is 0 Å². The largest absolute Gasteiger partial charge is 0.454 e. The molecule has 7 heteroatoms. The maximum Gasteiger partial charge on any atom is 0.416 e. The second-order valence-electron chi connectivity index (χ2n) is 6.42. The SMILES string of the molecule is FC(F)(F)c1ccc(C(c2ccc3c(c2)OCO3)N2CCNCC2)cc1. The number of hydrogen-bond donors (Lipinski definition) is 1. The number of ether oxygens (including phenoxy) is 2. The van der Waals surface area contributed by atoms with E-state index < -0.39 is 11.7 Å². The van der Waals surface area contributed by atoms with Gasteiger partial charge < -0.3 is 14.8 Å². The van der Waals surface area contributed by atoms with E-state index in [-0.39, 0.29) is 12.8 Å². The molecule has 2 aliphatic rings. The van der Waals surface area contributed by atoms with E-state index in [1.807, 2.05) is 18.2 Å². The lowest BCUT2D eigenvalue weighted by Crippen LogP contribution is -2.45. The Morgan fingerprint density at radius 3 is 2.23 bits per heavy atom. The third-order valence-corrected chi connectivity index (χ3v) is 4.78. The molecule has 26 heavy (non-hydrogen) atoms. The average molecular weight is 364 g/mol. The standard InChI is InChI=1S/C19H19F3N2O2/c20-19(21,22)15-4-1-13(2-5-15)18(24-9-7-23-8-10-24)14-3-6-16-17(11-14)26-12-25-16/h1-6,11,18,23H,7-10,12H2. The van der Waals surface area contributed by atoms with Crippen molar-refractivity contribution >= 4 is 0 Å². The van der Waals surface area contributed by atoms with E-state index in [0.717, 1.165) is 49.4 Å². The summed E-state index contributed by atoms with van der Waals surface area (Å²) in [5.74, 6) is 1.37. The molecular formula is C19H19F3N2O2. The Bertz CT molecular complexity index is 771. The Morgan fingerprint density at radius 1 is 0.885 bits per heavy atom. The zero-order valence-corrected chi connectivity index (χ0v) is 14.1. The van der Waals surface area contributed by atoms with E-state index in [1.165, 1.54) is 0 Å². The Balaban J connectivity index is 1.71. The van der Waals surface area contributed by atoms with Gasteiger partial charge in [-0.25, -0.2) is 0 Å². The van der Waals surface area contributed by atoms with Gasteiger partial charge >= 0.3 is 6.18 Å². The summed E-state index contributed by atoms with van der Waals surface area (Å²) in [4.78, 5) is 2.27. The number of hydrogen-bond acceptors (Lipinski definition) is 4. The van der Waals surface area contributed by atoms with Crippen molar-refractivity contribution in [3.8, 4) is 11.5 Å². The highest BCUT2D eigenvalue weighted by Crippen LogP contribution is 2.38. The molecule has 0 spiro atoms. The fourth-order valence-electron chi connectivity index (χ4n) is 3.49. The van der Waals surface area contributed by atoms with Gasteiger partial charge in [0.25, 0.3) is 0 Å². The molecule has 1 N–H and O–H groups in total. The van der Waals surface area contributed by atoms with Crippen molar-refractivity contribution in [1.29, 1.82) is 0 Å². The highest BCUT2D eigenvalue weighted by atomic mass is 19.4. The first-order valence-corrected chi connectivity index (χ1v) is 8.54. The highest BCUT2D eigenvalue weighted by molar-refractivity contribution is 5.47. The highest BCUT2D eigenvalue weighted by Gasteiger charge is 2.31. The van der Waals surface area contributed by atoms with Crippen molar-refractivity contribution in [2.45, 2.75) is 12.2 Å². The van der Waals surface area contributed by atoms with Crippen LogP contribution in [0.4, 0.5) is 13.2 Å². The average Bonchev–Trinajstić information content (AvgIpc) is 3.10. The van der Waals surface area contributed by atoms with Crippen LogP contribution in [-0.4, -0.2) is 37.9 Å². The molecule has 2 aromatic carbocycles. The molecule has 0 amide bonds. The summed E-state index contributed by atoms with van der Waals surface area (Å²) in [6.07, 6.45) is -4.33. The Labute approximate surface area is 149 Å². The summed E-state index contributed by atoms with van der Waals surface area (Å²) >= 11 is 0. The molecular weight excluding hydrogens is 345 g/mol. The van der Waals surface area contributed by atoms with Crippen LogP contribution in [0.1, 0.15) is 22.7 Å². The Morgan fingerprint density at radius 2 is 1.54 bits per heavy atom. The van der Waals surface area contributed by atoms with Crippen molar-refractivity contribution in [3.05, 3.63) is 59.2 Å². The third kappa shape index (κ3) is 3.37. The van der Waals surface area contributed by atoms with Crippen molar-refractivity contribution in [2.75, 3.05) is 33.0 Å². The molecule has 1 saturated heterocycles. The maximum absolute atomic E-state index is 12.9. The van der Waals surface area contributed by atoms with E-state index in [4.69, 9.17) is 9.47 Å². The van der Waals surface area contributed by atoms with Crippen LogP contribution in [0.3, 0.4) is 0 Å². The van der Waals surface area contributed by atoms with E-state index in [9.17, 15) is 13.2 Å². The zero-order valence-electron chi connectivity index (χ0n) is 14.1. The van der Waals surface area contributed by atoms with Crippen LogP contribution >= 0.6 is 0 Å². The molecule has 2 aliphatic heterocycles. The number of nitrogens with zero attached hydrogens (tertiary/aromatic N) is 1. The molecule has 4 rings (SSSR count).